The van der Waals surface area contributed by atoms with Gasteiger partial charge in [0.05, 0.1) is 22.5 Å². The molecule has 0 saturated heterocycles. The van der Waals surface area contributed by atoms with E-state index < -0.39 is 6.04 Å². The van der Waals surface area contributed by atoms with Gasteiger partial charge in [-0.3, -0.25) is 4.79 Å². The van der Waals surface area contributed by atoms with Gasteiger partial charge in [-0.1, -0.05) is 29.8 Å². The maximum absolute atomic E-state index is 13.1. The highest BCUT2D eigenvalue weighted by molar-refractivity contribution is 6.33. The van der Waals surface area contributed by atoms with Crippen molar-refractivity contribution < 1.29 is 13.9 Å². The van der Waals surface area contributed by atoms with E-state index in [1.807, 2.05) is 0 Å². The van der Waals surface area contributed by atoms with Crippen LogP contribution >= 0.6 is 11.6 Å². The zero-order valence-electron chi connectivity index (χ0n) is 14.9. The molecule has 0 saturated carbocycles. The topological polar surface area (TPSA) is 82.1 Å². The predicted molar refractivity (Wildman–Crippen MR) is 104 cm³/mol. The second-order valence-electron chi connectivity index (χ2n) is 6.73. The summed E-state index contributed by atoms with van der Waals surface area (Å²) in [5.41, 5.74) is 8.57. The smallest absolute Gasteiger partial charge is 0.241 e. The Bertz CT molecular complexity index is 884. The Morgan fingerprint density at radius 3 is 2.70 bits per heavy atom. The Labute approximate surface area is 162 Å². The number of nitrogens with two attached hydrogens (primary N) is 1. The number of hydrogen-bond donors (Lipinski definition) is 2. The first kappa shape index (κ1) is 19.3. The molecule has 27 heavy (non-hydrogen) atoms. The fraction of sp³-hybridized carbons (Fsp3) is 0.300. The van der Waals surface area contributed by atoms with Crippen LogP contribution in [0.2, 0.25) is 5.02 Å². The fourth-order valence-corrected chi connectivity index (χ4v) is 3.57. The van der Waals surface area contributed by atoms with Crippen LogP contribution in [0.4, 0.5) is 10.1 Å². The van der Waals surface area contributed by atoms with Gasteiger partial charge in [0.15, 0.2) is 11.9 Å². The third-order valence-electron chi connectivity index (χ3n) is 4.94. The highest BCUT2D eigenvalue weighted by Crippen LogP contribution is 2.30. The molecule has 1 aromatic heterocycles. The van der Waals surface area contributed by atoms with Gasteiger partial charge in [0.25, 0.3) is 0 Å². The molecule has 0 bridgehead atoms. The predicted octanol–water partition coefficient (Wildman–Crippen LogP) is 3.87. The van der Waals surface area contributed by atoms with Crippen LogP contribution in [0.15, 0.2) is 48.4 Å². The third kappa shape index (κ3) is 4.28. The lowest BCUT2D eigenvalue weighted by Gasteiger charge is -2.24. The van der Waals surface area contributed by atoms with Crippen LogP contribution in [0.25, 0.3) is 11.1 Å². The lowest BCUT2D eigenvalue weighted by molar-refractivity contribution is -0.611. The molecular formula is C20H21ClFN3O2. The molecule has 2 atom stereocenters. The second kappa shape index (κ2) is 8.06. The lowest BCUT2D eigenvalue weighted by atomic mass is 9.87. The van der Waals surface area contributed by atoms with Gasteiger partial charge in [-0.2, -0.15) is 4.73 Å². The highest BCUT2D eigenvalue weighted by Gasteiger charge is 2.26. The van der Waals surface area contributed by atoms with Crippen molar-refractivity contribution in [3.8, 4) is 11.1 Å². The van der Waals surface area contributed by atoms with E-state index in [-0.39, 0.29) is 17.7 Å². The quantitative estimate of drug-likeness (QED) is 0.615. The van der Waals surface area contributed by atoms with Gasteiger partial charge in [-0.05, 0) is 42.9 Å². The number of hydrogen-bond acceptors (Lipinski definition) is 3. The van der Waals surface area contributed by atoms with Gasteiger partial charge in [0.1, 0.15) is 0 Å². The minimum Gasteiger partial charge on any atom is -0.618 e. The summed E-state index contributed by atoms with van der Waals surface area (Å²) in [6.07, 6.45) is 4.24. The fourth-order valence-electron chi connectivity index (χ4n) is 3.27. The molecule has 0 radical (unpaired) electrons. The Morgan fingerprint density at radius 2 is 2.07 bits per heavy atom. The van der Waals surface area contributed by atoms with Gasteiger partial charge < -0.3 is 16.3 Å². The van der Waals surface area contributed by atoms with Crippen molar-refractivity contribution in [2.75, 3.05) is 5.32 Å². The molecule has 1 unspecified atom stereocenters. The zero-order chi connectivity index (χ0) is 19.6. The number of anilines is 1. The second-order valence-corrected chi connectivity index (χ2v) is 7.13. The molecule has 3 rings (SSSR count). The van der Waals surface area contributed by atoms with Crippen LogP contribution in [0, 0.1) is 18.0 Å². The summed E-state index contributed by atoms with van der Waals surface area (Å²) >= 11 is 6.23. The first-order chi connectivity index (χ1) is 12.9. The Hall–Kier alpha value is -2.44. The number of allylic oxidation sites excluding steroid dienone is 2. The summed E-state index contributed by atoms with van der Waals surface area (Å²) in [5, 5.41) is 15.1. The molecule has 1 heterocycles. The molecule has 1 aromatic carbocycles. The van der Waals surface area contributed by atoms with Gasteiger partial charge in [-0.25, -0.2) is 4.39 Å². The van der Waals surface area contributed by atoms with Gasteiger partial charge in [-0.15, -0.1) is 0 Å². The molecule has 0 spiro atoms. The summed E-state index contributed by atoms with van der Waals surface area (Å²) in [6.45, 7) is 1.70. The van der Waals surface area contributed by atoms with E-state index in [1.54, 1.807) is 37.3 Å². The van der Waals surface area contributed by atoms with E-state index in [0.717, 1.165) is 10.3 Å². The molecule has 7 heteroatoms. The van der Waals surface area contributed by atoms with Crippen LogP contribution in [-0.2, 0) is 4.79 Å². The van der Waals surface area contributed by atoms with Gasteiger partial charge in [0.2, 0.25) is 5.91 Å². The van der Waals surface area contributed by atoms with Crippen molar-refractivity contribution in [1.29, 1.82) is 0 Å². The first-order valence-corrected chi connectivity index (χ1v) is 9.14. The van der Waals surface area contributed by atoms with Crippen LogP contribution in [0.3, 0.4) is 0 Å². The first-order valence-electron chi connectivity index (χ1n) is 8.76. The van der Waals surface area contributed by atoms with Crippen molar-refractivity contribution in [1.82, 2.24) is 0 Å². The number of carbonyl (C=O) groups excluding carboxylic acids is 1. The van der Waals surface area contributed by atoms with Gasteiger partial charge in [0, 0.05) is 18.7 Å². The molecule has 1 amide bonds. The number of carbonyl (C=O) groups is 1. The summed E-state index contributed by atoms with van der Waals surface area (Å²) in [4.78, 5) is 12.4. The minimum atomic E-state index is -0.695. The highest BCUT2D eigenvalue weighted by atomic mass is 35.5. The van der Waals surface area contributed by atoms with E-state index in [2.05, 4.69) is 5.32 Å². The summed E-state index contributed by atoms with van der Waals surface area (Å²) < 4.78 is 13.9. The Morgan fingerprint density at radius 1 is 1.37 bits per heavy atom. The van der Waals surface area contributed by atoms with E-state index >= 15 is 0 Å². The van der Waals surface area contributed by atoms with Crippen molar-refractivity contribution in [2.24, 2.45) is 11.7 Å². The molecular weight excluding hydrogens is 369 g/mol. The van der Waals surface area contributed by atoms with Crippen molar-refractivity contribution in [3.63, 3.8) is 0 Å². The zero-order valence-corrected chi connectivity index (χ0v) is 15.7. The Kier molecular flexibility index (Phi) is 5.77. The van der Waals surface area contributed by atoms with E-state index in [0.29, 0.717) is 41.2 Å². The number of benzene rings is 1. The molecule has 2 aromatic rings. The van der Waals surface area contributed by atoms with E-state index in [9.17, 15) is 14.4 Å². The number of nitrogens with one attached hydrogen (secondary N) is 1. The number of amides is 1. The monoisotopic (exact) mass is 389 g/mol. The van der Waals surface area contributed by atoms with Crippen molar-refractivity contribution >= 4 is 23.2 Å². The normalized spacial score (nSPS) is 17.9. The number of aromatic nitrogens is 1. The van der Waals surface area contributed by atoms with Crippen LogP contribution in [-0.4, -0.2) is 11.9 Å². The lowest BCUT2D eigenvalue weighted by Crippen LogP contribution is -2.42. The van der Waals surface area contributed by atoms with Crippen molar-refractivity contribution in [2.45, 2.75) is 32.2 Å². The molecule has 1 aliphatic rings. The number of halogens is 2. The SMILES string of the molecule is Cc1c(-c2ccc(NC(=O)[C@@H](N)C3CC=C(F)CC3)cc2)c(Cl)cc[n+]1[O-]. The number of rotatable bonds is 4. The molecule has 1 aliphatic carbocycles. The molecule has 3 N–H and O–H groups in total. The Balaban J connectivity index is 1.71. The molecule has 5 nitrogen and oxygen atoms in total. The summed E-state index contributed by atoms with van der Waals surface area (Å²) in [5.74, 6) is -0.499. The van der Waals surface area contributed by atoms with E-state index in [4.69, 9.17) is 17.3 Å². The van der Waals surface area contributed by atoms with Gasteiger partial charge >= 0.3 is 0 Å². The molecule has 0 fully saturated rings. The van der Waals surface area contributed by atoms with Crippen molar-refractivity contribution in [3.05, 3.63) is 64.4 Å². The van der Waals surface area contributed by atoms with Crippen LogP contribution in [0.1, 0.15) is 25.0 Å². The summed E-state index contributed by atoms with van der Waals surface area (Å²) in [6, 6.07) is 7.89. The van der Waals surface area contributed by atoms with Crippen LogP contribution in [0.5, 0.6) is 0 Å². The maximum atomic E-state index is 13.1. The number of pyridine rings is 1. The minimum absolute atomic E-state index is 0.0675. The third-order valence-corrected chi connectivity index (χ3v) is 5.25. The standard InChI is InChI=1S/C20H21ClFN3O2/c1-12-18(17(21)10-11-25(12)27)13-4-8-16(9-5-13)24-20(26)19(23)14-2-6-15(22)7-3-14/h4-6,8-11,14,19H,2-3,7,23H2,1H3,(H,24,26)/t14?,19-/m0/s1. The maximum Gasteiger partial charge on any atom is 0.241 e. The average molecular weight is 390 g/mol. The average Bonchev–Trinajstić information content (AvgIpc) is 2.66. The van der Waals surface area contributed by atoms with E-state index in [1.165, 1.54) is 12.3 Å². The summed E-state index contributed by atoms with van der Waals surface area (Å²) in [7, 11) is 0. The number of nitrogens with zero attached hydrogens (tertiary/aromatic N) is 1. The molecule has 0 aliphatic heterocycles. The largest absolute Gasteiger partial charge is 0.618 e. The van der Waals surface area contributed by atoms with Crippen LogP contribution < -0.4 is 15.8 Å². The molecule has 142 valence electrons.